The Morgan fingerprint density at radius 2 is 1.83 bits per heavy atom. The lowest BCUT2D eigenvalue weighted by Crippen LogP contribution is -2.33. The second-order valence-electron chi connectivity index (χ2n) is 8.74. The molecule has 0 aliphatic carbocycles. The monoisotopic (exact) mass is 499 g/mol. The van der Waals surface area contributed by atoms with Gasteiger partial charge in [-0.3, -0.25) is 9.78 Å². The number of benzene rings is 2. The molecule has 4 aromatic rings. The summed E-state index contributed by atoms with van der Waals surface area (Å²) in [6.45, 7) is 2.39. The number of para-hydroxylation sites is 1. The first-order valence-electron chi connectivity index (χ1n) is 11.8. The van der Waals surface area contributed by atoms with Crippen LogP contribution >= 0.6 is 12.2 Å². The average molecular weight is 500 g/mol. The Bertz CT molecular complexity index is 1370. The van der Waals surface area contributed by atoms with Crippen LogP contribution in [0, 0.1) is 12.7 Å². The van der Waals surface area contributed by atoms with E-state index >= 15 is 0 Å². The fourth-order valence-corrected chi connectivity index (χ4v) is 4.88. The number of hydrogen-bond acceptors (Lipinski definition) is 3. The Morgan fingerprint density at radius 1 is 1.06 bits per heavy atom. The minimum atomic E-state index is -0.318. The van der Waals surface area contributed by atoms with Gasteiger partial charge in [-0.15, -0.1) is 0 Å². The number of amides is 1. The van der Waals surface area contributed by atoms with E-state index in [1.165, 1.54) is 6.07 Å². The third kappa shape index (κ3) is 4.85. The Kier molecular flexibility index (Phi) is 6.77. The van der Waals surface area contributed by atoms with Gasteiger partial charge in [0.15, 0.2) is 5.11 Å². The SMILES string of the molecule is Cc1ccc(NC(=O)CCN2C(=S)N[C@H](c3ccccn3)[C@H]2c2cccn2-c2ccccc2F)cc1. The molecule has 1 fully saturated rings. The third-order valence-corrected chi connectivity index (χ3v) is 6.66. The molecule has 2 atom stereocenters. The van der Waals surface area contributed by atoms with Crippen LogP contribution in [0.15, 0.2) is 91.3 Å². The fourth-order valence-electron chi connectivity index (χ4n) is 4.55. The van der Waals surface area contributed by atoms with Gasteiger partial charge in [0.1, 0.15) is 5.82 Å². The topological polar surface area (TPSA) is 62.2 Å². The highest BCUT2D eigenvalue weighted by Crippen LogP contribution is 2.39. The quantitative estimate of drug-likeness (QED) is 0.337. The number of carbonyl (C=O) groups excluding carboxylic acids is 1. The standard InChI is InChI=1S/C28H26FN5OS/c1-19-11-13-20(14-12-19)31-25(35)15-18-34-27(26(32-28(34)36)22-8-4-5-16-30-22)24-10-6-17-33(24)23-9-3-2-7-21(23)29/h2-14,16-17,26-27H,15,18H2,1H3,(H,31,35)(H,32,36)/t26-,27-/m1/s1. The summed E-state index contributed by atoms with van der Waals surface area (Å²) < 4.78 is 16.6. The van der Waals surface area contributed by atoms with Crippen LogP contribution in [-0.4, -0.2) is 32.0 Å². The van der Waals surface area contributed by atoms with Crippen molar-refractivity contribution < 1.29 is 9.18 Å². The lowest BCUT2D eigenvalue weighted by Gasteiger charge is -2.29. The van der Waals surface area contributed by atoms with Gasteiger partial charge < -0.3 is 20.1 Å². The second kappa shape index (κ2) is 10.3. The zero-order valence-corrected chi connectivity index (χ0v) is 20.6. The van der Waals surface area contributed by atoms with E-state index in [-0.39, 0.29) is 30.2 Å². The lowest BCUT2D eigenvalue weighted by atomic mass is 10.0. The molecule has 0 bridgehead atoms. The number of carbonyl (C=O) groups is 1. The van der Waals surface area contributed by atoms with Crippen LogP contribution in [0.25, 0.3) is 5.69 Å². The van der Waals surface area contributed by atoms with E-state index in [1.54, 1.807) is 18.3 Å². The van der Waals surface area contributed by atoms with E-state index in [4.69, 9.17) is 12.2 Å². The van der Waals surface area contributed by atoms with E-state index in [0.717, 1.165) is 22.6 Å². The highest BCUT2D eigenvalue weighted by Gasteiger charge is 2.41. The zero-order chi connectivity index (χ0) is 25.1. The number of hydrogen-bond donors (Lipinski definition) is 2. The number of halogens is 1. The highest BCUT2D eigenvalue weighted by molar-refractivity contribution is 7.80. The number of nitrogens with zero attached hydrogens (tertiary/aromatic N) is 3. The largest absolute Gasteiger partial charge is 0.352 e. The molecule has 1 aliphatic rings. The van der Waals surface area contributed by atoms with Gasteiger partial charge in [0, 0.05) is 36.7 Å². The van der Waals surface area contributed by atoms with Crippen LogP contribution in [0.2, 0.25) is 0 Å². The van der Waals surface area contributed by atoms with Crippen LogP contribution in [-0.2, 0) is 4.79 Å². The molecular formula is C28H26FN5OS. The summed E-state index contributed by atoms with van der Waals surface area (Å²) in [4.78, 5) is 19.3. The molecule has 182 valence electrons. The van der Waals surface area contributed by atoms with E-state index in [0.29, 0.717) is 17.3 Å². The Labute approximate surface area is 214 Å². The average Bonchev–Trinajstić information content (AvgIpc) is 3.49. The van der Waals surface area contributed by atoms with Crippen molar-refractivity contribution in [1.82, 2.24) is 19.8 Å². The molecule has 5 rings (SSSR count). The maximum Gasteiger partial charge on any atom is 0.226 e. The molecule has 1 amide bonds. The predicted molar refractivity (Wildman–Crippen MR) is 142 cm³/mol. The molecule has 0 saturated carbocycles. The van der Waals surface area contributed by atoms with Crippen molar-refractivity contribution in [3.8, 4) is 5.69 Å². The van der Waals surface area contributed by atoms with Gasteiger partial charge in [-0.05, 0) is 67.7 Å². The summed E-state index contributed by atoms with van der Waals surface area (Å²) in [5.41, 5.74) is 4.00. The van der Waals surface area contributed by atoms with Crippen LogP contribution in [0.1, 0.15) is 35.5 Å². The molecule has 1 aliphatic heterocycles. The van der Waals surface area contributed by atoms with E-state index in [2.05, 4.69) is 15.6 Å². The van der Waals surface area contributed by atoms with Gasteiger partial charge in [-0.2, -0.15) is 0 Å². The molecule has 2 aromatic carbocycles. The Balaban J connectivity index is 1.44. The molecule has 8 heteroatoms. The van der Waals surface area contributed by atoms with Crippen LogP contribution in [0.5, 0.6) is 0 Å². The molecule has 2 N–H and O–H groups in total. The second-order valence-corrected chi connectivity index (χ2v) is 9.13. The Morgan fingerprint density at radius 3 is 2.58 bits per heavy atom. The van der Waals surface area contributed by atoms with Crippen molar-refractivity contribution in [2.45, 2.75) is 25.4 Å². The zero-order valence-electron chi connectivity index (χ0n) is 19.8. The molecule has 0 radical (unpaired) electrons. The van der Waals surface area contributed by atoms with Crippen LogP contribution in [0.3, 0.4) is 0 Å². The first-order valence-corrected chi connectivity index (χ1v) is 12.2. The van der Waals surface area contributed by atoms with Crippen molar-refractivity contribution in [3.05, 3.63) is 114 Å². The van der Waals surface area contributed by atoms with Gasteiger partial charge in [-0.1, -0.05) is 35.9 Å². The van der Waals surface area contributed by atoms with Crippen LogP contribution in [0.4, 0.5) is 10.1 Å². The number of thiocarbonyl (C=S) groups is 1. The predicted octanol–water partition coefficient (Wildman–Crippen LogP) is 5.32. The summed E-state index contributed by atoms with van der Waals surface area (Å²) in [6, 6.07) is 23.4. The first kappa shape index (κ1) is 23.7. The summed E-state index contributed by atoms with van der Waals surface area (Å²) in [6.07, 6.45) is 3.82. The molecule has 36 heavy (non-hydrogen) atoms. The maximum atomic E-state index is 14.8. The van der Waals surface area contributed by atoms with Crippen molar-refractivity contribution in [3.63, 3.8) is 0 Å². The number of rotatable bonds is 7. The molecule has 6 nitrogen and oxygen atoms in total. The molecule has 1 saturated heterocycles. The Hall–Kier alpha value is -4.04. The number of aryl methyl sites for hydroxylation is 1. The van der Waals surface area contributed by atoms with Crippen molar-refractivity contribution in [1.29, 1.82) is 0 Å². The van der Waals surface area contributed by atoms with E-state index < -0.39 is 0 Å². The van der Waals surface area contributed by atoms with Gasteiger partial charge in [0.25, 0.3) is 0 Å². The maximum absolute atomic E-state index is 14.8. The van der Waals surface area contributed by atoms with E-state index in [9.17, 15) is 9.18 Å². The van der Waals surface area contributed by atoms with Crippen molar-refractivity contribution in [2.24, 2.45) is 0 Å². The first-order chi connectivity index (χ1) is 17.5. The molecule has 2 aromatic heterocycles. The van der Waals surface area contributed by atoms with Gasteiger partial charge in [-0.25, -0.2) is 4.39 Å². The minimum Gasteiger partial charge on any atom is -0.352 e. The van der Waals surface area contributed by atoms with Crippen LogP contribution < -0.4 is 10.6 Å². The van der Waals surface area contributed by atoms with Gasteiger partial charge >= 0.3 is 0 Å². The van der Waals surface area contributed by atoms with Gasteiger partial charge in [0.2, 0.25) is 5.91 Å². The summed E-state index contributed by atoms with van der Waals surface area (Å²) >= 11 is 5.72. The highest BCUT2D eigenvalue weighted by atomic mass is 32.1. The number of pyridine rings is 1. The summed E-state index contributed by atoms with van der Waals surface area (Å²) in [5.74, 6) is -0.423. The van der Waals surface area contributed by atoms with E-state index in [1.807, 2.05) is 83.3 Å². The normalized spacial score (nSPS) is 17.2. The lowest BCUT2D eigenvalue weighted by molar-refractivity contribution is -0.116. The fraction of sp³-hybridized carbons (Fsp3) is 0.179. The smallest absolute Gasteiger partial charge is 0.226 e. The molecular weight excluding hydrogens is 473 g/mol. The molecule has 0 unspecified atom stereocenters. The number of anilines is 1. The summed E-state index contributed by atoms with van der Waals surface area (Å²) in [5, 5.41) is 6.86. The van der Waals surface area contributed by atoms with Gasteiger partial charge in [0.05, 0.1) is 23.5 Å². The summed E-state index contributed by atoms with van der Waals surface area (Å²) in [7, 11) is 0. The van der Waals surface area contributed by atoms with Crippen molar-refractivity contribution in [2.75, 3.05) is 11.9 Å². The number of aromatic nitrogens is 2. The van der Waals surface area contributed by atoms with Crippen molar-refractivity contribution >= 4 is 28.9 Å². The minimum absolute atomic E-state index is 0.105. The number of nitrogens with one attached hydrogen (secondary N) is 2. The molecule has 0 spiro atoms. The third-order valence-electron chi connectivity index (χ3n) is 6.31. The molecule has 3 heterocycles.